The van der Waals surface area contributed by atoms with E-state index in [4.69, 9.17) is 16.3 Å². The number of anilines is 1. The Morgan fingerprint density at radius 3 is 2.55 bits per heavy atom. The van der Waals surface area contributed by atoms with Crippen LogP contribution in [0.2, 0.25) is 5.02 Å². The van der Waals surface area contributed by atoms with Gasteiger partial charge in [-0.2, -0.15) is 0 Å². The molecule has 22 heavy (non-hydrogen) atoms. The fourth-order valence-corrected chi connectivity index (χ4v) is 2.72. The molecule has 0 aliphatic carbocycles. The molecule has 0 aromatic heterocycles. The molecule has 0 radical (unpaired) electrons. The molecule has 116 valence electrons. The Morgan fingerprint density at radius 2 is 1.86 bits per heavy atom. The molecule has 0 bridgehead atoms. The van der Waals surface area contributed by atoms with Crippen LogP contribution in [0.15, 0.2) is 48.5 Å². The third kappa shape index (κ3) is 4.23. The summed E-state index contributed by atoms with van der Waals surface area (Å²) in [5.41, 5.74) is 3.66. The SMILES string of the molecule is Clc1ccc(CCNc2ccc([C@H]3CNCCO3)cc2)cc1. The molecule has 0 unspecified atom stereocenters. The topological polar surface area (TPSA) is 33.3 Å². The van der Waals surface area contributed by atoms with Crippen LogP contribution in [0.3, 0.4) is 0 Å². The van der Waals surface area contributed by atoms with Crippen LogP contribution in [-0.4, -0.2) is 26.2 Å². The second kappa shape index (κ2) is 7.63. The van der Waals surface area contributed by atoms with Gasteiger partial charge in [-0.1, -0.05) is 35.9 Å². The van der Waals surface area contributed by atoms with Crippen LogP contribution >= 0.6 is 11.6 Å². The monoisotopic (exact) mass is 316 g/mol. The quantitative estimate of drug-likeness (QED) is 0.883. The van der Waals surface area contributed by atoms with Crippen molar-refractivity contribution in [3.8, 4) is 0 Å². The molecule has 0 amide bonds. The van der Waals surface area contributed by atoms with Crippen molar-refractivity contribution in [2.24, 2.45) is 0 Å². The van der Waals surface area contributed by atoms with E-state index >= 15 is 0 Å². The summed E-state index contributed by atoms with van der Waals surface area (Å²) in [5, 5.41) is 7.59. The molecule has 4 heteroatoms. The highest BCUT2D eigenvalue weighted by molar-refractivity contribution is 6.30. The average molecular weight is 317 g/mol. The maximum absolute atomic E-state index is 5.89. The molecule has 2 aromatic carbocycles. The van der Waals surface area contributed by atoms with Gasteiger partial charge in [0, 0.05) is 30.3 Å². The maximum Gasteiger partial charge on any atom is 0.0949 e. The number of hydrogen-bond donors (Lipinski definition) is 2. The van der Waals surface area contributed by atoms with Crippen LogP contribution in [-0.2, 0) is 11.2 Å². The first-order valence-electron chi connectivity index (χ1n) is 7.72. The minimum atomic E-state index is 0.178. The standard InChI is InChI=1S/C18H21ClN2O/c19-16-5-1-14(2-6-16)9-10-21-17-7-3-15(4-8-17)18-13-20-11-12-22-18/h1-8,18,20-21H,9-13H2/t18-/m1/s1. The highest BCUT2D eigenvalue weighted by Gasteiger charge is 2.14. The Labute approximate surface area is 136 Å². The van der Waals surface area contributed by atoms with Crippen LogP contribution in [0.5, 0.6) is 0 Å². The molecule has 1 aliphatic rings. The molecular formula is C18H21ClN2O. The molecule has 1 aliphatic heterocycles. The van der Waals surface area contributed by atoms with Crippen molar-refractivity contribution in [3.05, 3.63) is 64.7 Å². The molecule has 1 saturated heterocycles. The van der Waals surface area contributed by atoms with E-state index in [0.29, 0.717) is 0 Å². The number of rotatable bonds is 5. The van der Waals surface area contributed by atoms with Gasteiger partial charge >= 0.3 is 0 Å². The van der Waals surface area contributed by atoms with E-state index in [1.54, 1.807) is 0 Å². The highest BCUT2D eigenvalue weighted by atomic mass is 35.5. The lowest BCUT2D eigenvalue weighted by atomic mass is 10.1. The van der Waals surface area contributed by atoms with Gasteiger partial charge in [0.1, 0.15) is 0 Å². The minimum absolute atomic E-state index is 0.178. The van der Waals surface area contributed by atoms with Crippen molar-refractivity contribution in [1.29, 1.82) is 0 Å². The van der Waals surface area contributed by atoms with E-state index in [1.165, 1.54) is 11.1 Å². The van der Waals surface area contributed by atoms with Gasteiger partial charge in [-0.15, -0.1) is 0 Å². The third-order valence-electron chi connectivity index (χ3n) is 3.87. The van der Waals surface area contributed by atoms with Gasteiger partial charge in [0.15, 0.2) is 0 Å². The van der Waals surface area contributed by atoms with Gasteiger partial charge in [-0.25, -0.2) is 0 Å². The largest absolute Gasteiger partial charge is 0.385 e. The number of halogens is 1. The molecule has 2 N–H and O–H groups in total. The van der Waals surface area contributed by atoms with Gasteiger partial charge in [-0.05, 0) is 41.8 Å². The van der Waals surface area contributed by atoms with Crippen molar-refractivity contribution in [2.45, 2.75) is 12.5 Å². The molecule has 1 heterocycles. The maximum atomic E-state index is 5.89. The predicted octanol–water partition coefficient (Wildman–Crippen LogP) is 3.66. The summed E-state index contributed by atoms with van der Waals surface area (Å²) in [6, 6.07) is 16.5. The molecule has 1 atom stereocenters. The van der Waals surface area contributed by atoms with Crippen LogP contribution in [0, 0.1) is 0 Å². The minimum Gasteiger partial charge on any atom is -0.385 e. The summed E-state index contributed by atoms with van der Waals surface area (Å²) in [4.78, 5) is 0. The van der Waals surface area contributed by atoms with Crippen molar-refractivity contribution in [3.63, 3.8) is 0 Å². The summed E-state index contributed by atoms with van der Waals surface area (Å²) in [6.45, 7) is 3.53. The molecule has 0 spiro atoms. The third-order valence-corrected chi connectivity index (χ3v) is 4.12. The lowest BCUT2D eigenvalue weighted by Gasteiger charge is -2.24. The van der Waals surface area contributed by atoms with E-state index in [1.807, 2.05) is 12.1 Å². The highest BCUT2D eigenvalue weighted by Crippen LogP contribution is 2.20. The Kier molecular flexibility index (Phi) is 5.33. The van der Waals surface area contributed by atoms with Crippen LogP contribution in [0.1, 0.15) is 17.2 Å². The Hall–Kier alpha value is -1.55. The lowest BCUT2D eigenvalue weighted by molar-refractivity contribution is 0.0277. The molecular weight excluding hydrogens is 296 g/mol. The average Bonchev–Trinajstić information content (AvgIpc) is 2.58. The van der Waals surface area contributed by atoms with Crippen molar-refractivity contribution >= 4 is 17.3 Å². The van der Waals surface area contributed by atoms with Crippen LogP contribution in [0.25, 0.3) is 0 Å². The molecule has 0 saturated carbocycles. The summed E-state index contributed by atoms with van der Waals surface area (Å²) < 4.78 is 5.76. The van der Waals surface area contributed by atoms with Crippen molar-refractivity contribution < 1.29 is 4.74 Å². The summed E-state index contributed by atoms with van der Waals surface area (Å²) in [7, 11) is 0. The van der Waals surface area contributed by atoms with Crippen molar-refractivity contribution in [1.82, 2.24) is 5.32 Å². The lowest BCUT2D eigenvalue weighted by Crippen LogP contribution is -2.33. The number of ether oxygens (including phenoxy) is 1. The zero-order valence-corrected chi connectivity index (χ0v) is 13.3. The van der Waals surface area contributed by atoms with E-state index < -0.39 is 0 Å². The zero-order chi connectivity index (χ0) is 15.2. The molecule has 1 fully saturated rings. The van der Waals surface area contributed by atoms with E-state index in [-0.39, 0.29) is 6.10 Å². The van der Waals surface area contributed by atoms with Crippen LogP contribution in [0.4, 0.5) is 5.69 Å². The summed E-state index contributed by atoms with van der Waals surface area (Å²) in [6.07, 6.45) is 1.16. The first kappa shape index (κ1) is 15.3. The van der Waals surface area contributed by atoms with Gasteiger partial charge in [-0.3, -0.25) is 0 Å². The molecule has 3 rings (SSSR count). The number of hydrogen-bond acceptors (Lipinski definition) is 3. The molecule has 2 aromatic rings. The zero-order valence-electron chi connectivity index (χ0n) is 12.5. The number of nitrogens with one attached hydrogen (secondary N) is 2. The predicted molar refractivity (Wildman–Crippen MR) is 91.7 cm³/mol. The van der Waals surface area contributed by atoms with Crippen LogP contribution < -0.4 is 10.6 Å². The fourth-order valence-electron chi connectivity index (χ4n) is 2.60. The van der Waals surface area contributed by atoms with E-state index in [2.05, 4.69) is 47.0 Å². The normalized spacial score (nSPS) is 18.1. The Bertz CT molecular complexity index is 577. The summed E-state index contributed by atoms with van der Waals surface area (Å²) in [5.74, 6) is 0. The number of benzene rings is 2. The van der Waals surface area contributed by atoms with Crippen molar-refractivity contribution in [2.75, 3.05) is 31.6 Å². The Balaban J connectivity index is 1.49. The first-order valence-corrected chi connectivity index (χ1v) is 8.10. The van der Waals surface area contributed by atoms with Gasteiger partial charge < -0.3 is 15.4 Å². The molecule has 3 nitrogen and oxygen atoms in total. The van der Waals surface area contributed by atoms with Gasteiger partial charge in [0.05, 0.1) is 12.7 Å². The summed E-state index contributed by atoms with van der Waals surface area (Å²) >= 11 is 5.89. The second-order valence-corrected chi connectivity index (χ2v) is 5.93. The van der Waals surface area contributed by atoms with Gasteiger partial charge in [0.25, 0.3) is 0 Å². The Morgan fingerprint density at radius 1 is 1.09 bits per heavy atom. The number of morpholine rings is 1. The van der Waals surface area contributed by atoms with Gasteiger partial charge in [0.2, 0.25) is 0 Å². The smallest absolute Gasteiger partial charge is 0.0949 e. The van der Waals surface area contributed by atoms with E-state index in [0.717, 1.165) is 43.4 Å². The van der Waals surface area contributed by atoms with E-state index in [9.17, 15) is 0 Å². The second-order valence-electron chi connectivity index (χ2n) is 5.49. The first-order chi connectivity index (χ1) is 10.8. The fraction of sp³-hybridized carbons (Fsp3) is 0.333.